The number of carbonyl (C=O) groups is 2. The third kappa shape index (κ3) is 3.68. The molecule has 0 spiro atoms. The molecule has 3 N–H and O–H groups in total. The molecule has 0 saturated carbocycles. The zero-order valence-corrected chi connectivity index (χ0v) is 9.43. The first kappa shape index (κ1) is 12.2. The van der Waals surface area contributed by atoms with Gasteiger partial charge in [0.05, 0.1) is 0 Å². The van der Waals surface area contributed by atoms with E-state index in [0.717, 1.165) is 5.56 Å². The summed E-state index contributed by atoms with van der Waals surface area (Å²) in [7, 11) is 1.89. The van der Waals surface area contributed by atoms with Crippen LogP contribution in [0.2, 0.25) is 0 Å². The van der Waals surface area contributed by atoms with E-state index >= 15 is 0 Å². The number of amides is 2. The second kappa shape index (κ2) is 5.25. The molecule has 0 radical (unpaired) electrons. The summed E-state index contributed by atoms with van der Waals surface area (Å²) in [6.07, 6.45) is 4.18. The molecule has 86 valence electrons. The predicted octanol–water partition coefficient (Wildman–Crippen LogP) is -0.956. The fraction of sp³-hybridized carbons (Fsp3) is 0.364. The first-order chi connectivity index (χ1) is 7.49. The Morgan fingerprint density at radius 3 is 2.75 bits per heavy atom. The molecule has 5 nitrogen and oxygen atoms in total. The zero-order valence-electron chi connectivity index (χ0n) is 9.43. The Bertz CT molecular complexity index is 404. The number of rotatable bonds is 4. The van der Waals surface area contributed by atoms with Crippen LogP contribution in [0.5, 0.6) is 0 Å². The number of hydrogen-bond acceptors (Lipinski definition) is 2. The van der Waals surface area contributed by atoms with E-state index in [1.54, 1.807) is 0 Å². The normalized spacial score (nSPS) is 11.9. The van der Waals surface area contributed by atoms with Crippen LogP contribution in [-0.2, 0) is 23.1 Å². The molecule has 1 unspecified atom stereocenters. The van der Waals surface area contributed by atoms with Crippen LogP contribution < -0.4 is 15.6 Å². The van der Waals surface area contributed by atoms with Crippen LogP contribution in [0.3, 0.4) is 0 Å². The molecule has 0 aromatic carbocycles. The number of carbonyl (C=O) groups excluding carboxylic acids is 2. The van der Waals surface area contributed by atoms with Crippen molar-refractivity contribution in [1.29, 1.82) is 0 Å². The Morgan fingerprint density at radius 1 is 1.56 bits per heavy atom. The number of pyridine rings is 1. The van der Waals surface area contributed by atoms with Crippen molar-refractivity contribution in [1.82, 2.24) is 5.32 Å². The van der Waals surface area contributed by atoms with Crippen LogP contribution in [0.25, 0.3) is 0 Å². The Morgan fingerprint density at radius 2 is 2.25 bits per heavy atom. The lowest BCUT2D eigenvalue weighted by atomic mass is 10.1. The largest absolute Gasteiger partial charge is 0.368 e. The molecule has 0 saturated heterocycles. The van der Waals surface area contributed by atoms with Gasteiger partial charge in [-0.3, -0.25) is 9.59 Å². The smallest absolute Gasteiger partial charge is 0.240 e. The van der Waals surface area contributed by atoms with Gasteiger partial charge in [-0.2, -0.15) is 0 Å². The first-order valence-electron chi connectivity index (χ1n) is 4.99. The Hall–Kier alpha value is -1.91. The highest BCUT2D eigenvalue weighted by molar-refractivity contribution is 5.85. The van der Waals surface area contributed by atoms with E-state index in [-0.39, 0.29) is 5.91 Å². The summed E-state index contributed by atoms with van der Waals surface area (Å²) in [6, 6.07) is 3.11. The van der Waals surface area contributed by atoms with Crippen LogP contribution in [0.4, 0.5) is 0 Å². The van der Waals surface area contributed by atoms with Crippen molar-refractivity contribution in [3.8, 4) is 0 Å². The third-order valence-electron chi connectivity index (χ3n) is 2.16. The van der Waals surface area contributed by atoms with Gasteiger partial charge in [-0.1, -0.05) is 0 Å². The number of nitrogens with two attached hydrogens (primary N) is 1. The zero-order chi connectivity index (χ0) is 12.1. The van der Waals surface area contributed by atoms with Gasteiger partial charge >= 0.3 is 0 Å². The lowest BCUT2D eigenvalue weighted by molar-refractivity contribution is -0.671. The lowest BCUT2D eigenvalue weighted by Crippen LogP contribution is -2.45. The van der Waals surface area contributed by atoms with E-state index in [1.165, 1.54) is 6.92 Å². The van der Waals surface area contributed by atoms with Gasteiger partial charge in [-0.15, -0.1) is 0 Å². The van der Waals surface area contributed by atoms with Gasteiger partial charge < -0.3 is 11.1 Å². The highest BCUT2D eigenvalue weighted by Gasteiger charge is 2.17. The average molecular weight is 222 g/mol. The van der Waals surface area contributed by atoms with Crippen LogP contribution in [0.1, 0.15) is 12.5 Å². The summed E-state index contributed by atoms with van der Waals surface area (Å²) >= 11 is 0. The van der Waals surface area contributed by atoms with Crippen LogP contribution in [0.15, 0.2) is 24.5 Å². The Labute approximate surface area is 94.3 Å². The monoisotopic (exact) mass is 222 g/mol. The molecular weight excluding hydrogens is 206 g/mol. The van der Waals surface area contributed by atoms with Gasteiger partial charge in [0.2, 0.25) is 11.8 Å². The number of aromatic nitrogens is 1. The fourth-order valence-electron chi connectivity index (χ4n) is 1.47. The number of aryl methyl sites for hydroxylation is 1. The maximum absolute atomic E-state index is 11.1. The molecule has 0 aliphatic rings. The molecule has 1 atom stereocenters. The van der Waals surface area contributed by atoms with Gasteiger partial charge in [0.15, 0.2) is 12.4 Å². The fourth-order valence-corrected chi connectivity index (χ4v) is 1.47. The summed E-state index contributed by atoms with van der Waals surface area (Å²) in [5, 5.41) is 2.52. The van der Waals surface area contributed by atoms with Crippen LogP contribution in [-0.4, -0.2) is 17.9 Å². The molecule has 1 rings (SSSR count). The topological polar surface area (TPSA) is 76.1 Å². The molecule has 5 heteroatoms. The average Bonchev–Trinajstić information content (AvgIpc) is 2.15. The molecule has 0 aliphatic heterocycles. The van der Waals surface area contributed by atoms with Crippen LogP contribution >= 0.6 is 0 Å². The van der Waals surface area contributed by atoms with Crippen molar-refractivity contribution in [2.24, 2.45) is 12.8 Å². The molecule has 1 aromatic heterocycles. The van der Waals surface area contributed by atoms with Gasteiger partial charge in [-0.05, 0) is 6.07 Å². The molecule has 1 aromatic rings. The quantitative estimate of drug-likeness (QED) is 0.644. The molecule has 0 fully saturated rings. The molecule has 0 bridgehead atoms. The maximum Gasteiger partial charge on any atom is 0.240 e. The predicted molar refractivity (Wildman–Crippen MR) is 58.1 cm³/mol. The SMILES string of the molecule is CC(=O)NC(Cc1ccc[n+](C)c1)C(N)=O. The van der Waals surface area contributed by atoms with Gasteiger partial charge in [0.1, 0.15) is 13.1 Å². The van der Waals surface area contributed by atoms with Crippen LogP contribution in [0, 0.1) is 0 Å². The Balaban J connectivity index is 2.75. The van der Waals surface area contributed by atoms with Gasteiger partial charge in [0.25, 0.3) is 0 Å². The number of nitrogens with one attached hydrogen (secondary N) is 1. The van der Waals surface area contributed by atoms with Crippen molar-refractivity contribution < 1.29 is 14.2 Å². The highest BCUT2D eigenvalue weighted by atomic mass is 16.2. The third-order valence-corrected chi connectivity index (χ3v) is 2.16. The summed E-state index contributed by atoms with van der Waals surface area (Å²) in [5.74, 6) is -0.786. The summed E-state index contributed by atoms with van der Waals surface area (Å²) < 4.78 is 1.88. The standard InChI is InChI=1S/C11H15N3O2/c1-8(15)13-10(11(12)16)6-9-4-3-5-14(2)7-9/h3-5,7,10H,6H2,1-2H3,(H2-,12,13,15,16)/p+1. The van der Waals surface area contributed by atoms with E-state index < -0.39 is 11.9 Å². The highest BCUT2D eigenvalue weighted by Crippen LogP contribution is 2.00. The summed E-state index contributed by atoms with van der Waals surface area (Å²) in [4.78, 5) is 22.0. The Kier molecular flexibility index (Phi) is 3.99. The maximum atomic E-state index is 11.1. The minimum atomic E-state index is -0.653. The van der Waals surface area contributed by atoms with Crippen molar-refractivity contribution >= 4 is 11.8 Å². The van der Waals surface area contributed by atoms with E-state index in [9.17, 15) is 9.59 Å². The van der Waals surface area contributed by atoms with Gasteiger partial charge in [-0.25, -0.2) is 4.57 Å². The van der Waals surface area contributed by atoms with E-state index in [0.29, 0.717) is 6.42 Å². The van der Waals surface area contributed by atoms with E-state index in [1.807, 2.05) is 36.1 Å². The number of nitrogens with zero attached hydrogens (tertiary/aromatic N) is 1. The molecule has 0 aliphatic carbocycles. The summed E-state index contributed by atoms with van der Waals surface area (Å²) in [6.45, 7) is 1.36. The van der Waals surface area contributed by atoms with E-state index in [4.69, 9.17) is 5.73 Å². The minimum absolute atomic E-state index is 0.260. The van der Waals surface area contributed by atoms with Gasteiger partial charge in [0, 0.05) is 25.0 Å². The second-order valence-electron chi connectivity index (χ2n) is 3.74. The number of primary amides is 1. The van der Waals surface area contributed by atoms with Crippen molar-refractivity contribution in [3.05, 3.63) is 30.1 Å². The first-order valence-corrected chi connectivity index (χ1v) is 4.99. The lowest BCUT2D eigenvalue weighted by Gasteiger charge is -2.13. The second-order valence-corrected chi connectivity index (χ2v) is 3.74. The van der Waals surface area contributed by atoms with Crippen molar-refractivity contribution in [2.45, 2.75) is 19.4 Å². The molecule has 1 heterocycles. The summed E-state index contributed by atoms with van der Waals surface area (Å²) in [5.41, 5.74) is 6.16. The molecule has 2 amide bonds. The van der Waals surface area contributed by atoms with Crippen molar-refractivity contribution in [3.63, 3.8) is 0 Å². The molecule has 16 heavy (non-hydrogen) atoms. The molecular formula is C11H16N3O2+. The van der Waals surface area contributed by atoms with E-state index in [2.05, 4.69) is 5.32 Å². The minimum Gasteiger partial charge on any atom is -0.368 e. The van der Waals surface area contributed by atoms with Crippen molar-refractivity contribution in [2.75, 3.05) is 0 Å². The number of hydrogen-bond donors (Lipinski definition) is 2.